The summed E-state index contributed by atoms with van der Waals surface area (Å²) < 4.78 is 10.9. The summed E-state index contributed by atoms with van der Waals surface area (Å²) in [4.78, 5) is 17.3. The lowest BCUT2D eigenvalue weighted by atomic mass is 10.2. The van der Waals surface area contributed by atoms with E-state index in [9.17, 15) is 0 Å². The summed E-state index contributed by atoms with van der Waals surface area (Å²) in [5, 5.41) is 5.81. The molecule has 2 aromatic heterocycles. The number of hydrazone groups is 1. The van der Waals surface area contributed by atoms with Gasteiger partial charge in [-0.05, 0) is 36.0 Å². The third-order valence-corrected chi connectivity index (χ3v) is 5.66. The van der Waals surface area contributed by atoms with Crippen molar-refractivity contribution in [3.05, 3.63) is 48.5 Å². The van der Waals surface area contributed by atoms with Crippen LogP contribution >= 0.6 is 12.2 Å². The molecule has 9 nitrogen and oxygen atoms in total. The first-order valence-corrected chi connectivity index (χ1v) is 10.7. The number of hydrogen-bond donors (Lipinski definition) is 1. The molecule has 3 heterocycles. The maximum absolute atomic E-state index is 5.51. The first kappa shape index (κ1) is 21.7. The third-order valence-electron chi connectivity index (χ3n) is 5.31. The second-order valence-corrected chi connectivity index (χ2v) is 7.57. The van der Waals surface area contributed by atoms with Crippen molar-refractivity contribution in [2.45, 2.75) is 6.42 Å². The summed E-state index contributed by atoms with van der Waals surface area (Å²) in [7, 11) is 3.24. The smallest absolute Gasteiger partial charge is 0.189 e. The molecule has 1 fully saturated rings. The number of methoxy groups -OCH3 is 2. The Morgan fingerprint density at radius 1 is 1.09 bits per heavy atom. The number of aromatic nitrogens is 3. The van der Waals surface area contributed by atoms with Gasteiger partial charge >= 0.3 is 0 Å². The number of fused-ring (bicyclic) bond motifs is 1. The zero-order chi connectivity index (χ0) is 22.3. The number of rotatable bonds is 6. The molecule has 0 atom stereocenters. The minimum Gasteiger partial charge on any atom is -0.493 e. The zero-order valence-corrected chi connectivity index (χ0v) is 18.9. The van der Waals surface area contributed by atoms with Crippen LogP contribution in [0.4, 0.5) is 5.82 Å². The Bertz CT molecular complexity index is 1100. The van der Waals surface area contributed by atoms with Gasteiger partial charge in [0.15, 0.2) is 16.6 Å². The Morgan fingerprint density at radius 2 is 1.81 bits per heavy atom. The molecule has 1 N–H and O–H groups in total. The third kappa shape index (κ3) is 4.86. The number of nitrogens with one attached hydrogen (secondary N) is 1. The molecule has 32 heavy (non-hydrogen) atoms. The quantitative estimate of drug-likeness (QED) is 0.344. The lowest BCUT2D eigenvalue weighted by Gasteiger charge is -2.36. The van der Waals surface area contributed by atoms with Crippen molar-refractivity contribution in [1.82, 2.24) is 25.3 Å². The molecule has 166 valence electrons. The van der Waals surface area contributed by atoms with Crippen molar-refractivity contribution in [3.63, 3.8) is 0 Å². The monoisotopic (exact) mass is 451 g/mol. The molecule has 0 aliphatic carbocycles. The molecule has 0 saturated carbocycles. The molecule has 0 amide bonds. The van der Waals surface area contributed by atoms with E-state index in [0.717, 1.165) is 54.9 Å². The Balaban J connectivity index is 1.37. The van der Waals surface area contributed by atoms with Gasteiger partial charge in [-0.2, -0.15) is 5.10 Å². The van der Waals surface area contributed by atoms with Crippen LogP contribution in [0.25, 0.3) is 10.9 Å². The van der Waals surface area contributed by atoms with Crippen molar-refractivity contribution in [1.29, 1.82) is 0 Å². The molecule has 1 saturated heterocycles. The molecule has 4 rings (SSSR count). The van der Waals surface area contributed by atoms with Crippen LogP contribution in [-0.4, -0.2) is 71.6 Å². The van der Waals surface area contributed by atoms with Gasteiger partial charge in [0, 0.05) is 62.7 Å². The van der Waals surface area contributed by atoms with Crippen molar-refractivity contribution < 1.29 is 9.47 Å². The van der Waals surface area contributed by atoms with E-state index in [2.05, 4.69) is 35.3 Å². The summed E-state index contributed by atoms with van der Waals surface area (Å²) in [6.07, 6.45) is 7.66. The molecule has 0 radical (unpaired) electrons. The fourth-order valence-electron chi connectivity index (χ4n) is 3.58. The van der Waals surface area contributed by atoms with Gasteiger partial charge in [-0.3, -0.25) is 10.4 Å². The largest absolute Gasteiger partial charge is 0.493 e. The minimum atomic E-state index is 0.620. The van der Waals surface area contributed by atoms with Crippen LogP contribution in [0.2, 0.25) is 0 Å². The number of piperazine rings is 1. The second-order valence-electron chi connectivity index (χ2n) is 7.18. The highest BCUT2D eigenvalue weighted by atomic mass is 32.1. The molecule has 10 heteroatoms. The predicted octanol–water partition coefficient (Wildman–Crippen LogP) is 2.27. The average Bonchev–Trinajstić information content (AvgIpc) is 2.86. The number of pyridine rings is 1. The fraction of sp³-hybridized carbons (Fsp3) is 0.318. The Hall–Kier alpha value is -3.53. The highest BCUT2D eigenvalue weighted by molar-refractivity contribution is 7.80. The summed E-state index contributed by atoms with van der Waals surface area (Å²) in [6.45, 7) is 3.10. The molecule has 0 spiro atoms. The molecule has 1 aliphatic heterocycles. The first-order chi connectivity index (χ1) is 15.7. The van der Waals surface area contributed by atoms with Crippen molar-refractivity contribution in [3.8, 4) is 11.5 Å². The van der Waals surface area contributed by atoms with Crippen LogP contribution in [-0.2, 0) is 6.42 Å². The van der Waals surface area contributed by atoms with Crippen LogP contribution in [0.5, 0.6) is 11.5 Å². The van der Waals surface area contributed by atoms with Gasteiger partial charge in [-0.25, -0.2) is 9.97 Å². The number of benzene rings is 1. The second kappa shape index (κ2) is 10.2. The number of anilines is 1. The molecule has 1 aromatic carbocycles. The zero-order valence-electron chi connectivity index (χ0n) is 18.1. The maximum atomic E-state index is 5.51. The first-order valence-electron chi connectivity index (χ1n) is 10.3. The molecular formula is C22H25N7O2S. The normalized spacial score (nSPS) is 14.1. The topological polar surface area (TPSA) is 88.0 Å². The molecule has 1 aliphatic rings. The van der Waals surface area contributed by atoms with E-state index < -0.39 is 0 Å². The van der Waals surface area contributed by atoms with Crippen LogP contribution < -0.4 is 19.8 Å². The fourth-order valence-corrected chi connectivity index (χ4v) is 3.82. The van der Waals surface area contributed by atoms with Gasteiger partial charge in [-0.1, -0.05) is 0 Å². The highest BCUT2D eigenvalue weighted by Crippen LogP contribution is 2.34. The van der Waals surface area contributed by atoms with E-state index in [1.54, 1.807) is 32.9 Å². The highest BCUT2D eigenvalue weighted by Gasteiger charge is 2.22. The number of ether oxygens (including phenoxy) is 2. The van der Waals surface area contributed by atoms with Crippen LogP contribution in [0.3, 0.4) is 0 Å². The van der Waals surface area contributed by atoms with Gasteiger partial charge < -0.3 is 19.3 Å². The Kier molecular flexibility index (Phi) is 6.90. The van der Waals surface area contributed by atoms with Gasteiger partial charge in [0.2, 0.25) is 0 Å². The van der Waals surface area contributed by atoms with E-state index in [4.69, 9.17) is 21.7 Å². The van der Waals surface area contributed by atoms with Crippen molar-refractivity contribution >= 4 is 40.3 Å². The number of nitrogens with zero attached hydrogens (tertiary/aromatic N) is 6. The molecule has 3 aromatic rings. The molecule has 0 bridgehead atoms. The summed E-state index contributed by atoms with van der Waals surface area (Å²) in [6, 6.07) is 7.73. The standard InChI is InChI=1S/C22H25N7O2S/c1-30-19-13-17-18(14-20(19)31-2)24-15-25-21(17)28-9-11-29(12-10-28)22(32)27-26-8-5-16-3-6-23-7-4-16/h3-4,6-8,13-15H,5,9-12H2,1-2H3,(H,27,32). The molecule has 0 unspecified atom stereocenters. The Labute approximate surface area is 192 Å². The minimum absolute atomic E-state index is 0.620. The SMILES string of the molecule is COc1cc2ncnc(N3CCN(C(=S)NN=CCc4ccncc4)CC3)c2cc1OC. The number of thiocarbonyl (C=S) groups is 1. The van der Waals surface area contributed by atoms with Crippen molar-refractivity contribution in [2.24, 2.45) is 5.10 Å². The van der Waals surface area contributed by atoms with E-state index in [-0.39, 0.29) is 0 Å². The Morgan fingerprint density at radius 3 is 2.53 bits per heavy atom. The van der Waals surface area contributed by atoms with E-state index >= 15 is 0 Å². The maximum Gasteiger partial charge on any atom is 0.189 e. The van der Waals surface area contributed by atoms with E-state index in [0.29, 0.717) is 16.6 Å². The van der Waals surface area contributed by atoms with E-state index in [1.165, 1.54) is 0 Å². The van der Waals surface area contributed by atoms with Crippen LogP contribution in [0, 0.1) is 0 Å². The summed E-state index contributed by atoms with van der Waals surface area (Å²) in [5.74, 6) is 2.19. The van der Waals surface area contributed by atoms with Gasteiger partial charge in [-0.15, -0.1) is 0 Å². The van der Waals surface area contributed by atoms with Crippen LogP contribution in [0.1, 0.15) is 5.56 Å². The lowest BCUT2D eigenvalue weighted by molar-refractivity contribution is 0.355. The van der Waals surface area contributed by atoms with Crippen molar-refractivity contribution in [2.75, 3.05) is 45.3 Å². The number of hydrogen-bond acceptors (Lipinski definition) is 8. The van der Waals surface area contributed by atoms with Gasteiger partial charge in [0.1, 0.15) is 12.1 Å². The molecular weight excluding hydrogens is 426 g/mol. The van der Waals surface area contributed by atoms with Crippen LogP contribution in [0.15, 0.2) is 48.1 Å². The predicted molar refractivity (Wildman–Crippen MR) is 129 cm³/mol. The van der Waals surface area contributed by atoms with Gasteiger partial charge in [0.25, 0.3) is 0 Å². The van der Waals surface area contributed by atoms with Gasteiger partial charge in [0.05, 0.1) is 19.7 Å². The summed E-state index contributed by atoms with van der Waals surface area (Å²) in [5.41, 5.74) is 4.94. The summed E-state index contributed by atoms with van der Waals surface area (Å²) >= 11 is 5.51. The average molecular weight is 452 g/mol. The lowest BCUT2D eigenvalue weighted by Crippen LogP contribution is -2.51. The van der Waals surface area contributed by atoms with E-state index in [1.807, 2.05) is 30.5 Å².